The van der Waals surface area contributed by atoms with Gasteiger partial charge >= 0.3 is 12.1 Å². The van der Waals surface area contributed by atoms with E-state index in [1.165, 1.54) is 4.90 Å². The van der Waals surface area contributed by atoms with E-state index in [2.05, 4.69) is 21.2 Å². The molecule has 3 atom stereocenters. The van der Waals surface area contributed by atoms with Gasteiger partial charge in [-0.15, -0.1) is 0 Å². The molecule has 0 aromatic heterocycles. The van der Waals surface area contributed by atoms with Crippen molar-refractivity contribution in [1.82, 2.24) is 9.80 Å². The van der Waals surface area contributed by atoms with E-state index >= 15 is 0 Å². The van der Waals surface area contributed by atoms with Crippen LogP contribution in [0.3, 0.4) is 0 Å². The molecule has 3 fully saturated rings. The molecule has 5 amide bonds. The Kier molecular flexibility index (Phi) is 4.48. The number of rotatable bonds is 2. The molecule has 1 N–H and O–H groups in total. The summed E-state index contributed by atoms with van der Waals surface area (Å²) in [5, 5.41) is 4.77. The van der Waals surface area contributed by atoms with Gasteiger partial charge < -0.3 is 15.1 Å². The van der Waals surface area contributed by atoms with E-state index in [1.54, 1.807) is 9.80 Å². The molecular formula is C25H21BrN4O3. The molecule has 3 aromatic carbocycles. The third-order valence-electron chi connectivity index (χ3n) is 6.94. The monoisotopic (exact) mass is 504 g/mol. The molecule has 8 heteroatoms. The Balaban J connectivity index is 1.28. The summed E-state index contributed by atoms with van der Waals surface area (Å²) in [5.41, 5.74) is 2.31. The Bertz CT molecular complexity index is 1340. The number of hydrogen-bond acceptors (Lipinski definition) is 3. The van der Waals surface area contributed by atoms with E-state index in [1.807, 2.05) is 67.6 Å². The number of urea groups is 2. The molecule has 0 saturated carbocycles. The van der Waals surface area contributed by atoms with Crippen LogP contribution in [0.25, 0.3) is 10.8 Å². The summed E-state index contributed by atoms with van der Waals surface area (Å²) in [4.78, 5) is 44.7. The maximum absolute atomic E-state index is 13.5. The van der Waals surface area contributed by atoms with Crippen molar-refractivity contribution in [3.8, 4) is 0 Å². The van der Waals surface area contributed by atoms with Crippen LogP contribution in [0.5, 0.6) is 0 Å². The first-order valence-corrected chi connectivity index (χ1v) is 11.7. The van der Waals surface area contributed by atoms with Gasteiger partial charge in [-0.2, -0.15) is 0 Å². The largest absolute Gasteiger partial charge is 0.332 e. The predicted molar refractivity (Wildman–Crippen MR) is 129 cm³/mol. The van der Waals surface area contributed by atoms with Gasteiger partial charge in [0.2, 0.25) is 0 Å². The van der Waals surface area contributed by atoms with Crippen LogP contribution in [0.1, 0.15) is 12.0 Å². The normalized spacial score (nSPS) is 23.6. The standard InChI is InChI=1S/C25H21BrN4O3/c1-14-11-16(9-10-19(14)26)27-24(32)28-13-17-12-21(28)22-23(31)30(25(33)29(17)22)20-8-4-6-15-5-2-3-7-18(15)20/h2-11,17,21-22H,12-13H2,1H3,(H,27,32)/t17?,21?,22-/m1/s1. The molecule has 3 aliphatic rings. The number of anilines is 2. The minimum Gasteiger partial charge on any atom is -0.317 e. The van der Waals surface area contributed by atoms with E-state index in [4.69, 9.17) is 0 Å². The zero-order valence-corrected chi connectivity index (χ0v) is 19.5. The number of likely N-dealkylation sites (tertiary alicyclic amines) is 1. The van der Waals surface area contributed by atoms with Crippen LogP contribution in [-0.2, 0) is 4.79 Å². The zero-order chi connectivity index (χ0) is 22.9. The molecule has 2 unspecified atom stereocenters. The number of aryl methyl sites for hydroxylation is 1. The van der Waals surface area contributed by atoms with Crippen LogP contribution in [0.15, 0.2) is 65.1 Å². The van der Waals surface area contributed by atoms with Gasteiger partial charge in [0.05, 0.1) is 17.8 Å². The van der Waals surface area contributed by atoms with Crippen molar-refractivity contribution in [3.63, 3.8) is 0 Å². The first-order valence-electron chi connectivity index (χ1n) is 10.9. The molecule has 0 radical (unpaired) electrons. The Morgan fingerprint density at radius 3 is 2.67 bits per heavy atom. The smallest absolute Gasteiger partial charge is 0.317 e. The number of carbonyl (C=O) groups excluding carboxylic acids is 3. The number of amides is 5. The molecule has 3 aliphatic heterocycles. The third-order valence-corrected chi connectivity index (χ3v) is 7.83. The van der Waals surface area contributed by atoms with E-state index in [-0.39, 0.29) is 30.1 Å². The number of carbonyl (C=O) groups is 3. The van der Waals surface area contributed by atoms with Gasteiger partial charge in [-0.05, 0) is 48.6 Å². The SMILES string of the molecule is Cc1cc(NC(=O)N2CC3CC2[C@@H]2C(=O)N(c4cccc5ccccc45)C(=O)N32)ccc1Br. The summed E-state index contributed by atoms with van der Waals surface area (Å²) < 4.78 is 0.972. The number of fused-ring (bicyclic) bond motifs is 6. The molecule has 33 heavy (non-hydrogen) atoms. The van der Waals surface area contributed by atoms with Gasteiger partial charge in [0.15, 0.2) is 0 Å². The van der Waals surface area contributed by atoms with Crippen LogP contribution < -0.4 is 10.2 Å². The molecule has 3 aromatic rings. The Morgan fingerprint density at radius 1 is 1.06 bits per heavy atom. The van der Waals surface area contributed by atoms with E-state index in [9.17, 15) is 14.4 Å². The van der Waals surface area contributed by atoms with Gasteiger partial charge in [0, 0.05) is 22.1 Å². The lowest BCUT2D eigenvalue weighted by Gasteiger charge is -2.34. The number of benzene rings is 3. The van der Waals surface area contributed by atoms with Crippen molar-refractivity contribution < 1.29 is 14.4 Å². The maximum Gasteiger partial charge on any atom is 0.332 e. The highest BCUT2D eigenvalue weighted by Gasteiger charge is 2.63. The highest BCUT2D eigenvalue weighted by molar-refractivity contribution is 9.10. The van der Waals surface area contributed by atoms with Crippen LogP contribution in [0, 0.1) is 6.92 Å². The van der Waals surface area contributed by atoms with Crippen molar-refractivity contribution in [3.05, 3.63) is 70.7 Å². The van der Waals surface area contributed by atoms with Gasteiger partial charge in [0.1, 0.15) is 6.04 Å². The second kappa shape index (κ2) is 7.31. The average molecular weight is 505 g/mol. The molecule has 3 saturated heterocycles. The Hall–Kier alpha value is -3.39. The van der Waals surface area contributed by atoms with Gasteiger partial charge in [0.25, 0.3) is 5.91 Å². The second-order valence-electron chi connectivity index (χ2n) is 8.81. The van der Waals surface area contributed by atoms with Crippen molar-refractivity contribution >= 4 is 56.0 Å². The molecule has 7 nitrogen and oxygen atoms in total. The summed E-state index contributed by atoms with van der Waals surface area (Å²) >= 11 is 3.47. The summed E-state index contributed by atoms with van der Waals surface area (Å²) in [6.45, 7) is 2.38. The lowest BCUT2D eigenvalue weighted by molar-refractivity contribution is -0.120. The molecule has 0 aliphatic carbocycles. The van der Waals surface area contributed by atoms with E-state index in [0.29, 0.717) is 24.3 Å². The molecule has 0 spiro atoms. The molecule has 2 bridgehead atoms. The number of hydrogen-bond donors (Lipinski definition) is 1. The van der Waals surface area contributed by atoms with Crippen molar-refractivity contribution in [2.75, 3.05) is 16.8 Å². The first-order chi connectivity index (χ1) is 15.9. The molecule has 3 heterocycles. The Labute approximate surface area is 199 Å². The fourth-order valence-corrected chi connectivity index (χ4v) is 5.68. The van der Waals surface area contributed by atoms with Gasteiger partial charge in [-0.1, -0.05) is 52.3 Å². The van der Waals surface area contributed by atoms with E-state index < -0.39 is 6.04 Å². The Morgan fingerprint density at radius 2 is 1.85 bits per heavy atom. The maximum atomic E-state index is 13.5. The first kappa shape index (κ1) is 20.2. The fourth-order valence-electron chi connectivity index (χ4n) is 5.43. The van der Waals surface area contributed by atoms with E-state index in [0.717, 1.165) is 20.8 Å². The number of halogens is 1. The summed E-state index contributed by atoms with van der Waals surface area (Å²) in [6.07, 6.45) is 0.623. The van der Waals surface area contributed by atoms with Crippen molar-refractivity contribution in [1.29, 1.82) is 0 Å². The molecule has 6 rings (SSSR count). The van der Waals surface area contributed by atoms with Crippen LogP contribution in [0.2, 0.25) is 0 Å². The average Bonchev–Trinajstić information content (AvgIpc) is 3.47. The molecular weight excluding hydrogens is 484 g/mol. The minimum absolute atomic E-state index is 0.158. The highest BCUT2D eigenvalue weighted by atomic mass is 79.9. The van der Waals surface area contributed by atoms with Crippen LogP contribution in [-0.4, -0.2) is 52.4 Å². The summed E-state index contributed by atoms with van der Waals surface area (Å²) in [5.74, 6) is -0.263. The predicted octanol–water partition coefficient (Wildman–Crippen LogP) is 4.74. The number of nitrogens with one attached hydrogen (secondary N) is 1. The number of nitrogens with zero attached hydrogens (tertiary/aromatic N) is 3. The van der Waals surface area contributed by atoms with Crippen LogP contribution in [0.4, 0.5) is 21.0 Å². The molecule has 166 valence electrons. The summed E-state index contributed by atoms with van der Waals surface area (Å²) in [7, 11) is 0. The zero-order valence-electron chi connectivity index (χ0n) is 17.9. The topological polar surface area (TPSA) is 73.0 Å². The summed E-state index contributed by atoms with van der Waals surface area (Å²) in [6, 6.07) is 17.3. The van der Waals surface area contributed by atoms with Gasteiger partial charge in [-0.25, -0.2) is 14.5 Å². The second-order valence-corrected chi connectivity index (χ2v) is 9.66. The van der Waals surface area contributed by atoms with Crippen LogP contribution >= 0.6 is 15.9 Å². The number of piperazine rings is 1. The fraction of sp³-hybridized carbons (Fsp3) is 0.240. The third kappa shape index (κ3) is 2.97. The van der Waals surface area contributed by atoms with Crippen molar-refractivity contribution in [2.45, 2.75) is 31.5 Å². The van der Waals surface area contributed by atoms with Crippen molar-refractivity contribution in [2.24, 2.45) is 0 Å². The lowest BCUT2D eigenvalue weighted by atomic mass is 10.1. The highest BCUT2D eigenvalue weighted by Crippen LogP contribution is 2.43. The quantitative estimate of drug-likeness (QED) is 0.512. The number of imide groups is 1. The van der Waals surface area contributed by atoms with Gasteiger partial charge in [-0.3, -0.25) is 4.79 Å². The lowest BCUT2D eigenvalue weighted by Crippen LogP contribution is -2.55. The minimum atomic E-state index is -0.646.